The topological polar surface area (TPSA) is 66.0 Å². The number of nitrogens with two attached hydrogens (primary N) is 1. The van der Waals surface area contributed by atoms with E-state index >= 15 is 0 Å². The second kappa shape index (κ2) is 6.41. The lowest BCUT2D eigenvalue weighted by Gasteiger charge is -2.07. The second-order valence-electron chi connectivity index (χ2n) is 4.75. The fourth-order valence-corrected chi connectivity index (χ4v) is 2.25. The maximum atomic E-state index is 6.26. The number of imidazole rings is 1. The molecule has 0 saturated carbocycles. The van der Waals surface area contributed by atoms with Crippen molar-refractivity contribution in [3.8, 4) is 17.1 Å². The van der Waals surface area contributed by atoms with E-state index in [2.05, 4.69) is 23.4 Å². The van der Waals surface area contributed by atoms with Crippen LogP contribution in [0.5, 0.6) is 5.88 Å². The highest BCUT2D eigenvalue weighted by molar-refractivity contribution is 5.70. The first-order valence-electron chi connectivity index (χ1n) is 7.06. The van der Waals surface area contributed by atoms with Crippen LogP contribution in [-0.2, 0) is 13.0 Å². The molecule has 0 unspecified atom stereocenters. The van der Waals surface area contributed by atoms with Gasteiger partial charge in [-0.05, 0) is 18.9 Å². The van der Waals surface area contributed by atoms with Crippen molar-refractivity contribution < 1.29 is 4.74 Å². The number of hydrogen-bond acceptors (Lipinski definition) is 4. The van der Waals surface area contributed by atoms with Crippen LogP contribution in [0.25, 0.3) is 11.3 Å². The Balaban J connectivity index is 2.41. The Kier molecular flexibility index (Phi) is 4.61. The second-order valence-corrected chi connectivity index (χ2v) is 4.75. The van der Waals surface area contributed by atoms with Gasteiger partial charge in [-0.3, -0.25) is 0 Å². The summed E-state index contributed by atoms with van der Waals surface area (Å²) in [4.78, 5) is 8.92. The molecule has 0 aliphatic carbocycles. The number of pyridine rings is 1. The number of nitrogen functional groups attached to an aromatic ring is 1. The van der Waals surface area contributed by atoms with Crippen LogP contribution in [0.3, 0.4) is 0 Å². The highest BCUT2D eigenvalue weighted by atomic mass is 16.5. The van der Waals surface area contributed by atoms with E-state index in [1.807, 2.05) is 12.1 Å². The van der Waals surface area contributed by atoms with Crippen LogP contribution in [0.4, 0.5) is 5.82 Å². The molecule has 0 bridgehead atoms. The summed E-state index contributed by atoms with van der Waals surface area (Å²) in [6.45, 7) is 5.19. The molecular weight excluding hydrogens is 252 g/mol. The molecule has 0 spiro atoms. The van der Waals surface area contributed by atoms with Crippen LogP contribution < -0.4 is 10.5 Å². The Morgan fingerprint density at radius 3 is 2.60 bits per heavy atom. The van der Waals surface area contributed by atoms with E-state index in [4.69, 9.17) is 15.5 Å². The number of hydrogen-bond donors (Lipinski definition) is 1. The lowest BCUT2D eigenvalue weighted by molar-refractivity contribution is 0.398. The molecule has 0 aromatic carbocycles. The molecule has 2 N–H and O–H groups in total. The third-order valence-corrected chi connectivity index (χ3v) is 3.23. The molecule has 0 aliphatic rings. The van der Waals surface area contributed by atoms with Gasteiger partial charge in [-0.2, -0.15) is 0 Å². The normalized spacial score (nSPS) is 10.8. The third-order valence-electron chi connectivity index (χ3n) is 3.23. The van der Waals surface area contributed by atoms with Crippen molar-refractivity contribution in [2.75, 3.05) is 12.8 Å². The Bertz CT molecular complexity index is 560. The predicted octanol–water partition coefficient (Wildman–Crippen LogP) is 2.90. The lowest BCUT2D eigenvalue weighted by atomic mass is 10.2. The molecule has 2 rings (SSSR count). The number of rotatable bonds is 6. The van der Waals surface area contributed by atoms with E-state index in [1.165, 1.54) is 0 Å². The van der Waals surface area contributed by atoms with Gasteiger partial charge in [-0.1, -0.05) is 13.8 Å². The van der Waals surface area contributed by atoms with Crippen LogP contribution >= 0.6 is 0 Å². The van der Waals surface area contributed by atoms with Crippen LogP contribution in [0.1, 0.15) is 32.5 Å². The van der Waals surface area contributed by atoms with Crippen LogP contribution in [0.15, 0.2) is 18.3 Å². The highest BCUT2D eigenvalue weighted by Crippen LogP contribution is 2.27. The first-order chi connectivity index (χ1) is 9.71. The number of nitrogens with zero attached hydrogens (tertiary/aromatic N) is 3. The molecule has 0 fully saturated rings. The quantitative estimate of drug-likeness (QED) is 0.879. The summed E-state index contributed by atoms with van der Waals surface area (Å²) in [5.41, 5.74) is 8.01. The molecule has 20 heavy (non-hydrogen) atoms. The molecule has 5 heteroatoms. The van der Waals surface area contributed by atoms with Gasteiger partial charge in [-0.25, -0.2) is 9.97 Å². The van der Waals surface area contributed by atoms with Gasteiger partial charge < -0.3 is 15.0 Å². The maximum Gasteiger partial charge on any atom is 0.212 e. The van der Waals surface area contributed by atoms with Gasteiger partial charge in [0.25, 0.3) is 0 Å². The smallest absolute Gasteiger partial charge is 0.212 e. The number of aromatic nitrogens is 3. The summed E-state index contributed by atoms with van der Waals surface area (Å²) in [5, 5.41) is 0. The molecule has 0 amide bonds. The van der Waals surface area contributed by atoms with Crippen molar-refractivity contribution in [3.63, 3.8) is 0 Å². The number of methoxy groups -OCH3 is 1. The van der Waals surface area contributed by atoms with Crippen LogP contribution in [-0.4, -0.2) is 21.6 Å². The van der Waals surface area contributed by atoms with Gasteiger partial charge in [-0.15, -0.1) is 0 Å². The van der Waals surface area contributed by atoms with Crippen molar-refractivity contribution in [2.45, 2.75) is 39.7 Å². The number of ether oxygens (including phenoxy) is 1. The summed E-state index contributed by atoms with van der Waals surface area (Å²) in [5.74, 6) is 2.37. The molecule has 0 atom stereocenters. The molecule has 5 nitrogen and oxygen atoms in total. The van der Waals surface area contributed by atoms with Crippen LogP contribution in [0, 0.1) is 0 Å². The Hall–Kier alpha value is -2.04. The van der Waals surface area contributed by atoms with Crippen molar-refractivity contribution in [1.82, 2.24) is 14.5 Å². The molecular formula is C15H22N4O. The molecule has 108 valence electrons. The minimum Gasteiger partial charge on any atom is -0.481 e. The van der Waals surface area contributed by atoms with Crippen molar-refractivity contribution in [2.24, 2.45) is 0 Å². The molecule has 2 aromatic rings. The third kappa shape index (κ3) is 2.76. The summed E-state index contributed by atoms with van der Waals surface area (Å²) in [7, 11) is 1.60. The van der Waals surface area contributed by atoms with E-state index in [0.29, 0.717) is 5.88 Å². The number of aryl methyl sites for hydroxylation is 1. The fourth-order valence-electron chi connectivity index (χ4n) is 2.25. The van der Waals surface area contributed by atoms with Crippen LogP contribution in [0.2, 0.25) is 0 Å². The SMILES string of the molecule is CCCc1nc(-c2ccc(OC)nc2)c(N)n1CCC. The average molecular weight is 274 g/mol. The van der Waals surface area contributed by atoms with Gasteiger partial charge >= 0.3 is 0 Å². The van der Waals surface area contributed by atoms with Gasteiger partial charge in [0.2, 0.25) is 5.88 Å². The van der Waals surface area contributed by atoms with E-state index in [-0.39, 0.29) is 0 Å². The summed E-state index contributed by atoms with van der Waals surface area (Å²) in [6, 6.07) is 3.77. The maximum absolute atomic E-state index is 6.26. The van der Waals surface area contributed by atoms with Crippen molar-refractivity contribution >= 4 is 5.82 Å². The minimum atomic E-state index is 0.592. The van der Waals surface area contributed by atoms with Gasteiger partial charge in [0.05, 0.1) is 7.11 Å². The predicted molar refractivity (Wildman–Crippen MR) is 80.7 cm³/mol. The molecule has 2 heterocycles. The summed E-state index contributed by atoms with van der Waals surface area (Å²) >= 11 is 0. The summed E-state index contributed by atoms with van der Waals surface area (Å²) in [6.07, 6.45) is 4.79. The van der Waals surface area contributed by atoms with Crippen molar-refractivity contribution in [1.29, 1.82) is 0 Å². The fraction of sp³-hybridized carbons (Fsp3) is 0.467. The first kappa shape index (κ1) is 14.4. The summed E-state index contributed by atoms with van der Waals surface area (Å²) < 4.78 is 7.19. The van der Waals surface area contributed by atoms with Crippen molar-refractivity contribution in [3.05, 3.63) is 24.2 Å². The molecule has 0 saturated heterocycles. The molecule has 2 aromatic heterocycles. The van der Waals surface area contributed by atoms with E-state index in [0.717, 1.165) is 48.7 Å². The van der Waals surface area contributed by atoms with Gasteiger partial charge in [0.15, 0.2) is 0 Å². The largest absolute Gasteiger partial charge is 0.481 e. The Morgan fingerprint density at radius 2 is 2.05 bits per heavy atom. The number of anilines is 1. The zero-order valence-electron chi connectivity index (χ0n) is 12.4. The van der Waals surface area contributed by atoms with Gasteiger partial charge in [0, 0.05) is 30.8 Å². The zero-order valence-corrected chi connectivity index (χ0v) is 12.4. The van der Waals surface area contributed by atoms with E-state index < -0.39 is 0 Å². The molecule has 0 aliphatic heterocycles. The highest BCUT2D eigenvalue weighted by Gasteiger charge is 2.15. The van der Waals surface area contributed by atoms with Gasteiger partial charge in [0.1, 0.15) is 17.3 Å². The Morgan fingerprint density at radius 1 is 1.25 bits per heavy atom. The Labute approximate surface area is 119 Å². The monoisotopic (exact) mass is 274 g/mol. The molecule has 0 radical (unpaired) electrons. The first-order valence-corrected chi connectivity index (χ1v) is 7.06. The van der Waals surface area contributed by atoms with E-state index in [1.54, 1.807) is 13.3 Å². The zero-order chi connectivity index (χ0) is 14.5. The van der Waals surface area contributed by atoms with E-state index in [9.17, 15) is 0 Å². The minimum absolute atomic E-state index is 0.592. The lowest BCUT2D eigenvalue weighted by Crippen LogP contribution is -2.06. The average Bonchev–Trinajstić information content (AvgIpc) is 2.77. The standard InChI is InChI=1S/C15H22N4O/c1-4-6-12-18-14(15(16)19(12)9-5-2)11-7-8-13(20-3)17-10-11/h7-8,10H,4-6,9,16H2,1-3H3.